The van der Waals surface area contributed by atoms with Crippen molar-refractivity contribution in [3.05, 3.63) is 15.8 Å². The zero-order valence-electron chi connectivity index (χ0n) is 9.58. The Morgan fingerprint density at radius 2 is 2.00 bits per heavy atom. The second-order valence-electron chi connectivity index (χ2n) is 3.64. The molecule has 0 aromatic carbocycles. The summed E-state index contributed by atoms with van der Waals surface area (Å²) in [5.41, 5.74) is 0. The Kier molecular flexibility index (Phi) is 4.69. The van der Waals surface area contributed by atoms with Crippen molar-refractivity contribution in [2.24, 2.45) is 0 Å². The lowest BCUT2D eigenvalue weighted by molar-refractivity contribution is -0.134. The zero-order valence-corrected chi connectivity index (χ0v) is 12.0. The molecule has 0 saturated heterocycles. The summed E-state index contributed by atoms with van der Waals surface area (Å²) in [6, 6.07) is 1.31. The summed E-state index contributed by atoms with van der Waals surface area (Å²) < 4.78 is 60.8. The van der Waals surface area contributed by atoms with Crippen molar-refractivity contribution in [1.82, 2.24) is 4.31 Å². The van der Waals surface area contributed by atoms with Gasteiger partial charge in [0.25, 0.3) is 0 Å². The van der Waals surface area contributed by atoms with Crippen LogP contribution in [0.3, 0.4) is 0 Å². The minimum absolute atomic E-state index is 0.116. The van der Waals surface area contributed by atoms with E-state index in [0.29, 0.717) is 14.1 Å². The molecule has 0 bridgehead atoms. The molecule has 9 heteroatoms. The first-order chi connectivity index (χ1) is 8.08. The Morgan fingerprint density at radius 3 is 2.39 bits per heavy atom. The average molecular weight is 322 g/mol. The molecule has 0 N–H and O–H groups in total. The van der Waals surface area contributed by atoms with Gasteiger partial charge in [-0.15, -0.1) is 22.9 Å². The third kappa shape index (κ3) is 3.59. The second kappa shape index (κ2) is 5.36. The Morgan fingerprint density at radius 1 is 1.44 bits per heavy atom. The number of rotatable bonds is 4. The van der Waals surface area contributed by atoms with E-state index < -0.39 is 22.7 Å². The van der Waals surface area contributed by atoms with Crippen molar-refractivity contribution in [3.63, 3.8) is 0 Å². The summed E-state index contributed by atoms with van der Waals surface area (Å²) in [6.07, 6.45) is -4.57. The highest BCUT2D eigenvalue weighted by Gasteiger charge is 2.35. The van der Waals surface area contributed by atoms with Gasteiger partial charge in [-0.05, 0) is 13.0 Å². The van der Waals surface area contributed by atoms with Crippen LogP contribution in [0.1, 0.15) is 9.75 Å². The van der Waals surface area contributed by atoms with E-state index in [1.165, 1.54) is 13.0 Å². The Bertz CT molecular complexity index is 524. The van der Waals surface area contributed by atoms with Crippen LogP contribution in [-0.2, 0) is 15.9 Å². The molecule has 104 valence electrons. The molecule has 0 spiro atoms. The van der Waals surface area contributed by atoms with Crippen LogP contribution >= 0.6 is 22.9 Å². The maximum absolute atomic E-state index is 12.2. The summed E-state index contributed by atoms with van der Waals surface area (Å²) in [5.74, 6) is 0.129. The van der Waals surface area contributed by atoms with Crippen molar-refractivity contribution >= 4 is 33.0 Å². The predicted molar refractivity (Wildman–Crippen MR) is 64.5 cm³/mol. The van der Waals surface area contributed by atoms with Crippen molar-refractivity contribution in [3.8, 4) is 0 Å². The van der Waals surface area contributed by atoms with E-state index in [9.17, 15) is 21.6 Å². The molecule has 0 aliphatic carbocycles. The zero-order chi connectivity index (χ0) is 14.1. The number of hydrogen-bond acceptors (Lipinski definition) is 3. The quantitative estimate of drug-likeness (QED) is 0.800. The topological polar surface area (TPSA) is 37.4 Å². The molecule has 3 nitrogen and oxygen atoms in total. The van der Waals surface area contributed by atoms with Crippen molar-refractivity contribution in [2.75, 3.05) is 13.6 Å². The summed E-state index contributed by atoms with van der Waals surface area (Å²) in [5, 5.41) is 0. The normalized spacial score (nSPS) is 13.3. The number of halogens is 4. The number of alkyl halides is 4. The van der Waals surface area contributed by atoms with E-state index >= 15 is 0 Å². The van der Waals surface area contributed by atoms with Gasteiger partial charge in [0.05, 0.1) is 10.8 Å². The van der Waals surface area contributed by atoms with Crippen LogP contribution in [0.15, 0.2) is 11.0 Å². The van der Waals surface area contributed by atoms with Crippen molar-refractivity contribution < 1.29 is 21.6 Å². The van der Waals surface area contributed by atoms with Gasteiger partial charge >= 0.3 is 6.18 Å². The molecule has 0 radical (unpaired) electrons. The Balaban J connectivity index is 3.09. The first-order valence-electron chi connectivity index (χ1n) is 4.76. The summed E-state index contributed by atoms with van der Waals surface area (Å²) in [6.45, 7) is 0.0237. The maximum Gasteiger partial charge on any atom is 0.402 e. The Labute approximate surface area is 112 Å². The number of sulfonamides is 1. The van der Waals surface area contributed by atoms with E-state index in [1.807, 2.05) is 0 Å². The number of aryl methyl sites for hydroxylation is 1. The molecule has 0 aliphatic heterocycles. The number of nitrogens with zero attached hydrogens (tertiary/aromatic N) is 1. The minimum atomic E-state index is -4.57. The first-order valence-corrected chi connectivity index (χ1v) is 7.55. The standard InChI is InChI=1S/C9H11ClF3NO2S2/c1-6-8(3-7(4-10)17-6)18(15,16)14(2)5-9(11,12)13/h3H,4-5H2,1-2H3. The van der Waals surface area contributed by atoms with Crippen LogP contribution in [-0.4, -0.2) is 32.5 Å². The van der Waals surface area contributed by atoms with Gasteiger partial charge in [0, 0.05) is 16.8 Å². The molecule has 0 amide bonds. The van der Waals surface area contributed by atoms with Gasteiger partial charge < -0.3 is 0 Å². The molecule has 0 fully saturated rings. The van der Waals surface area contributed by atoms with E-state index in [-0.39, 0.29) is 10.8 Å². The van der Waals surface area contributed by atoms with Gasteiger partial charge in [-0.2, -0.15) is 17.5 Å². The van der Waals surface area contributed by atoms with Crippen LogP contribution in [0, 0.1) is 6.92 Å². The van der Waals surface area contributed by atoms with E-state index in [1.54, 1.807) is 0 Å². The Hall–Kier alpha value is -0.310. The van der Waals surface area contributed by atoms with Crippen LogP contribution in [0.4, 0.5) is 13.2 Å². The summed E-state index contributed by atoms with van der Waals surface area (Å²) in [4.78, 5) is 0.919. The lowest BCUT2D eigenvalue weighted by Crippen LogP contribution is -2.35. The average Bonchev–Trinajstić information content (AvgIpc) is 2.57. The minimum Gasteiger partial charge on any atom is -0.207 e. The molecule has 1 heterocycles. The van der Waals surface area contributed by atoms with E-state index in [2.05, 4.69) is 0 Å². The molecule has 1 aromatic rings. The molecular formula is C9H11ClF3NO2S2. The molecule has 0 unspecified atom stereocenters. The highest BCUT2D eigenvalue weighted by atomic mass is 35.5. The van der Waals surface area contributed by atoms with Crippen LogP contribution in [0.5, 0.6) is 0 Å². The largest absolute Gasteiger partial charge is 0.402 e. The van der Waals surface area contributed by atoms with Crippen molar-refractivity contribution in [1.29, 1.82) is 0 Å². The fourth-order valence-corrected chi connectivity index (χ4v) is 4.20. The molecule has 1 aromatic heterocycles. The predicted octanol–water partition coefficient (Wildman–Crippen LogP) is 2.98. The van der Waals surface area contributed by atoms with Gasteiger partial charge in [0.1, 0.15) is 6.54 Å². The van der Waals surface area contributed by atoms with Gasteiger partial charge in [-0.1, -0.05) is 0 Å². The second-order valence-corrected chi connectivity index (χ2v) is 7.26. The van der Waals surface area contributed by atoms with Gasteiger partial charge in [-0.3, -0.25) is 0 Å². The molecule has 0 saturated carbocycles. The number of hydrogen-bond donors (Lipinski definition) is 0. The van der Waals surface area contributed by atoms with Gasteiger partial charge in [0.15, 0.2) is 0 Å². The fraction of sp³-hybridized carbons (Fsp3) is 0.556. The molecular weight excluding hydrogens is 311 g/mol. The fourth-order valence-electron chi connectivity index (χ4n) is 1.35. The highest BCUT2D eigenvalue weighted by molar-refractivity contribution is 7.89. The lowest BCUT2D eigenvalue weighted by atomic mass is 10.4. The SMILES string of the molecule is Cc1sc(CCl)cc1S(=O)(=O)N(C)CC(F)(F)F. The van der Waals surface area contributed by atoms with Crippen molar-refractivity contribution in [2.45, 2.75) is 23.9 Å². The molecule has 0 aliphatic rings. The molecule has 18 heavy (non-hydrogen) atoms. The first kappa shape index (κ1) is 15.7. The van der Waals surface area contributed by atoms with E-state index in [0.717, 1.165) is 18.4 Å². The summed E-state index contributed by atoms with van der Waals surface area (Å²) in [7, 11) is -3.22. The molecule has 0 atom stereocenters. The third-order valence-corrected chi connectivity index (χ3v) is 5.70. The van der Waals surface area contributed by atoms with Gasteiger partial charge in [0.2, 0.25) is 10.0 Å². The summed E-state index contributed by atoms with van der Waals surface area (Å²) >= 11 is 6.73. The third-order valence-electron chi connectivity index (χ3n) is 2.15. The smallest absolute Gasteiger partial charge is 0.207 e. The van der Waals surface area contributed by atoms with Crippen LogP contribution in [0.25, 0.3) is 0 Å². The number of thiophene rings is 1. The van der Waals surface area contributed by atoms with E-state index in [4.69, 9.17) is 11.6 Å². The van der Waals surface area contributed by atoms with Gasteiger partial charge in [-0.25, -0.2) is 8.42 Å². The monoisotopic (exact) mass is 321 g/mol. The lowest BCUT2D eigenvalue weighted by Gasteiger charge is -2.18. The van der Waals surface area contributed by atoms with Crippen LogP contribution in [0.2, 0.25) is 0 Å². The highest BCUT2D eigenvalue weighted by Crippen LogP contribution is 2.30. The maximum atomic E-state index is 12.2. The van der Waals surface area contributed by atoms with Crippen LogP contribution < -0.4 is 0 Å². The molecule has 1 rings (SSSR count).